The molecule has 8 aliphatic carbocycles. The van der Waals surface area contributed by atoms with Crippen LogP contribution in [-0.2, 0) is 10.8 Å². The molecule has 8 bridgehead atoms. The predicted octanol–water partition coefficient (Wildman–Crippen LogP) is 14.6. The Morgan fingerprint density at radius 1 is 0.431 bits per heavy atom. The van der Waals surface area contributed by atoms with Crippen LogP contribution in [0.25, 0.3) is 88.3 Å². The van der Waals surface area contributed by atoms with E-state index in [4.69, 9.17) is 19.4 Å². The molecule has 0 atom stereocenters. The summed E-state index contributed by atoms with van der Waals surface area (Å²) in [7, 11) is 0. The fourth-order valence-electron chi connectivity index (χ4n) is 16.5. The summed E-state index contributed by atoms with van der Waals surface area (Å²) in [6, 6.07) is 46.5. The van der Waals surface area contributed by atoms with Crippen LogP contribution in [-0.4, -0.2) is 24.1 Å². The molecule has 10 aromatic rings. The number of hydrogen-bond acceptors (Lipinski definition) is 4. The summed E-state index contributed by atoms with van der Waals surface area (Å²) in [5.74, 6) is 8.11. The molecular weight excluding hydrogens is 795 g/mol. The first-order valence-corrected chi connectivity index (χ1v) is 24.8. The monoisotopic (exact) mass is 845 g/mol. The van der Waals surface area contributed by atoms with Crippen LogP contribution in [0.3, 0.4) is 0 Å². The lowest BCUT2D eigenvalue weighted by Crippen LogP contribution is -2.51. The van der Waals surface area contributed by atoms with Gasteiger partial charge in [-0.05, 0) is 155 Å². The molecule has 4 heterocycles. The van der Waals surface area contributed by atoms with E-state index in [0.717, 1.165) is 97.4 Å². The summed E-state index contributed by atoms with van der Waals surface area (Å²) >= 11 is 0. The van der Waals surface area contributed by atoms with Crippen molar-refractivity contribution in [2.45, 2.75) is 87.9 Å². The number of furan rings is 1. The number of nitrogens with zero attached hydrogens (tertiary/aromatic N) is 5. The lowest BCUT2D eigenvalue weighted by atomic mass is 9.49. The summed E-state index contributed by atoms with van der Waals surface area (Å²) in [6.45, 7) is 0. The third kappa shape index (κ3) is 4.93. The molecule has 8 fully saturated rings. The summed E-state index contributed by atoms with van der Waals surface area (Å²) in [6.07, 6.45) is 16.0. The predicted molar refractivity (Wildman–Crippen MR) is 261 cm³/mol. The molecule has 6 heteroatoms. The molecule has 18 rings (SSSR count). The molecule has 6 nitrogen and oxygen atoms in total. The minimum absolute atomic E-state index is 0.0895. The van der Waals surface area contributed by atoms with Crippen molar-refractivity contribution in [3.8, 4) is 22.8 Å². The van der Waals surface area contributed by atoms with Gasteiger partial charge in [-0.1, -0.05) is 84.9 Å². The van der Waals surface area contributed by atoms with Gasteiger partial charge < -0.3 is 13.6 Å². The van der Waals surface area contributed by atoms with Gasteiger partial charge in [0.05, 0.1) is 27.5 Å². The molecule has 0 amide bonds. The summed E-state index contributed by atoms with van der Waals surface area (Å²) in [4.78, 5) is 17.2. The van der Waals surface area contributed by atoms with E-state index in [0.29, 0.717) is 0 Å². The maximum atomic E-state index is 7.11. The first-order chi connectivity index (χ1) is 32.0. The second-order valence-corrected chi connectivity index (χ2v) is 22.0. The van der Waals surface area contributed by atoms with Gasteiger partial charge in [0.15, 0.2) is 11.4 Å². The highest BCUT2D eigenvalue weighted by molar-refractivity contribution is 6.39. The Morgan fingerprint density at radius 3 is 1.49 bits per heavy atom. The number of aromatic nitrogens is 5. The van der Waals surface area contributed by atoms with Gasteiger partial charge in [-0.15, -0.1) is 0 Å². The van der Waals surface area contributed by atoms with Gasteiger partial charge in [0.25, 0.3) is 0 Å². The highest BCUT2D eigenvalue weighted by atomic mass is 16.3. The molecule has 6 aromatic carbocycles. The topological polar surface area (TPSA) is 61.7 Å². The normalized spacial score (nSPS) is 28.9. The van der Waals surface area contributed by atoms with Gasteiger partial charge in [0, 0.05) is 54.7 Å². The van der Waals surface area contributed by atoms with Crippen LogP contribution in [0.4, 0.5) is 0 Å². The van der Waals surface area contributed by atoms with Crippen LogP contribution in [0, 0.1) is 35.5 Å². The van der Waals surface area contributed by atoms with Crippen molar-refractivity contribution in [1.29, 1.82) is 0 Å². The summed E-state index contributed by atoms with van der Waals surface area (Å²) in [5, 5.41) is 7.18. The van der Waals surface area contributed by atoms with E-state index in [1.807, 2.05) is 0 Å². The Morgan fingerprint density at radius 2 is 0.908 bits per heavy atom. The molecule has 0 spiro atoms. The maximum absolute atomic E-state index is 7.11. The molecule has 0 unspecified atom stereocenters. The molecule has 0 aliphatic heterocycles. The van der Waals surface area contributed by atoms with Gasteiger partial charge in [-0.3, -0.25) is 0 Å². The van der Waals surface area contributed by atoms with Crippen molar-refractivity contribution in [3.05, 3.63) is 139 Å². The second-order valence-electron chi connectivity index (χ2n) is 22.0. The van der Waals surface area contributed by atoms with Crippen LogP contribution < -0.4 is 0 Å². The Kier molecular flexibility index (Phi) is 7.06. The lowest BCUT2D eigenvalue weighted by Gasteiger charge is -2.57. The number of hydrogen-bond donors (Lipinski definition) is 0. The molecule has 0 saturated heterocycles. The third-order valence-electron chi connectivity index (χ3n) is 18.1. The van der Waals surface area contributed by atoms with Crippen molar-refractivity contribution in [3.63, 3.8) is 0 Å². The first kappa shape index (κ1) is 36.0. The average molecular weight is 846 g/mol. The minimum atomic E-state index is 0.0895. The Bertz CT molecular complexity index is 3510. The van der Waals surface area contributed by atoms with Gasteiger partial charge in [0.1, 0.15) is 17.2 Å². The van der Waals surface area contributed by atoms with Crippen molar-refractivity contribution < 1.29 is 4.42 Å². The molecule has 0 radical (unpaired) electrons. The number of para-hydroxylation sites is 4. The molecule has 0 N–H and O–H groups in total. The molecule has 4 aromatic heterocycles. The fraction of sp³-hybridized carbons (Fsp3) is 0.339. The van der Waals surface area contributed by atoms with Crippen molar-refractivity contribution >= 4 is 65.6 Å². The maximum Gasteiger partial charge on any atom is 0.163 e. The quantitative estimate of drug-likeness (QED) is 0.173. The molecule has 318 valence electrons. The lowest BCUT2D eigenvalue weighted by molar-refractivity contribution is -0.0155. The van der Waals surface area contributed by atoms with Gasteiger partial charge in [0.2, 0.25) is 0 Å². The van der Waals surface area contributed by atoms with Crippen molar-refractivity contribution in [2.75, 3.05) is 0 Å². The second kappa shape index (κ2) is 12.7. The Balaban J connectivity index is 0.972. The standard InChI is InChI=1S/C59H51N5O/c1-2-12-41(13-3-1)63-46-18-7-5-16-44(46)50-49-43-15-4-8-19-47(43)64(52(49)51-45-17-6-9-20-48(45)65-54(51)53(50)63)42-14-10-11-40(27-42)55-60-56(58-28-34-21-35(29-58)23-36(22-34)30-58)62-57(61-55)59-31-37-24-38(32-59)26-39(25-37)33-59/h1-20,27,34-39H,21-26,28-33H2. The van der Waals surface area contributed by atoms with Crippen LogP contribution >= 0.6 is 0 Å². The molecule has 8 aliphatic rings. The molecule has 65 heavy (non-hydrogen) atoms. The van der Waals surface area contributed by atoms with Crippen LogP contribution in [0.5, 0.6) is 0 Å². The van der Waals surface area contributed by atoms with E-state index in [-0.39, 0.29) is 10.8 Å². The third-order valence-corrected chi connectivity index (χ3v) is 18.1. The minimum Gasteiger partial charge on any atom is -0.454 e. The van der Waals surface area contributed by atoms with Crippen molar-refractivity contribution in [1.82, 2.24) is 24.1 Å². The zero-order valence-electron chi connectivity index (χ0n) is 36.7. The largest absolute Gasteiger partial charge is 0.454 e. The van der Waals surface area contributed by atoms with E-state index >= 15 is 0 Å². The van der Waals surface area contributed by atoms with Crippen molar-refractivity contribution in [2.24, 2.45) is 35.5 Å². The van der Waals surface area contributed by atoms with E-state index < -0.39 is 0 Å². The van der Waals surface area contributed by atoms with Crippen LogP contribution in [0.1, 0.15) is 88.7 Å². The smallest absolute Gasteiger partial charge is 0.163 e. The average Bonchev–Trinajstić information content (AvgIpc) is 3.99. The highest BCUT2D eigenvalue weighted by Gasteiger charge is 2.56. The van der Waals surface area contributed by atoms with E-state index in [2.05, 4.69) is 137 Å². The Labute approximate surface area is 377 Å². The number of fused-ring (bicyclic) bond motifs is 12. The number of benzene rings is 6. The van der Waals surface area contributed by atoms with Gasteiger partial charge in [-0.25, -0.2) is 15.0 Å². The number of rotatable bonds is 5. The Hall–Kier alpha value is -6.27. The summed E-state index contributed by atoms with van der Waals surface area (Å²) < 4.78 is 12.1. The van der Waals surface area contributed by atoms with Crippen LogP contribution in [0.2, 0.25) is 0 Å². The van der Waals surface area contributed by atoms with E-state index in [1.165, 1.54) is 115 Å². The molecular formula is C59H51N5O. The van der Waals surface area contributed by atoms with E-state index in [9.17, 15) is 0 Å². The SMILES string of the molecule is c1ccc(-n2c3ccccc3c3c4c5ccccc5n(-c5cccc(-c6nc(C78CC9CC(CC(C9)C7)C8)nc(C78CC9CC(CC(C9)C7)C8)n6)c5)c4c4c5ccccc5oc4c32)cc1. The van der Waals surface area contributed by atoms with Gasteiger partial charge in [-0.2, -0.15) is 0 Å². The molecule has 8 saturated carbocycles. The van der Waals surface area contributed by atoms with Gasteiger partial charge >= 0.3 is 0 Å². The first-order valence-electron chi connectivity index (χ1n) is 24.8. The van der Waals surface area contributed by atoms with Crippen LogP contribution in [0.15, 0.2) is 132 Å². The summed E-state index contributed by atoms with van der Waals surface area (Å²) in [5.41, 5.74) is 9.92. The fourth-order valence-corrected chi connectivity index (χ4v) is 16.5. The zero-order valence-corrected chi connectivity index (χ0v) is 36.7. The zero-order chi connectivity index (χ0) is 42.2. The van der Waals surface area contributed by atoms with E-state index in [1.54, 1.807) is 0 Å². The highest BCUT2D eigenvalue weighted by Crippen LogP contribution is 2.63.